The molecule has 1 aliphatic heterocycles. The van der Waals surface area contributed by atoms with Crippen LogP contribution in [0.5, 0.6) is 0 Å². The number of nitrogens with one attached hydrogen (secondary N) is 1. The fraction of sp³-hybridized carbons (Fsp3) is 0.867. The SMILES string of the molecule is COC1CC(N2C(=O)C(C(C)C)NC(=O)C2C(C)C)C1. The molecule has 0 aromatic heterocycles. The van der Waals surface area contributed by atoms with Gasteiger partial charge in [-0.05, 0) is 24.7 Å². The van der Waals surface area contributed by atoms with E-state index in [1.54, 1.807) is 7.11 Å². The van der Waals surface area contributed by atoms with Crippen molar-refractivity contribution in [2.24, 2.45) is 11.8 Å². The quantitative estimate of drug-likeness (QED) is 0.842. The molecule has 1 saturated heterocycles. The Balaban J connectivity index is 2.21. The van der Waals surface area contributed by atoms with E-state index in [1.165, 1.54) is 0 Å². The fourth-order valence-electron chi connectivity index (χ4n) is 3.16. The van der Waals surface area contributed by atoms with E-state index < -0.39 is 0 Å². The number of amides is 2. The molecule has 1 heterocycles. The molecule has 2 fully saturated rings. The second-order valence-electron chi connectivity index (χ2n) is 6.65. The second-order valence-corrected chi connectivity index (χ2v) is 6.65. The lowest BCUT2D eigenvalue weighted by Crippen LogP contribution is -2.70. The van der Waals surface area contributed by atoms with Crippen LogP contribution in [0.4, 0.5) is 0 Å². The molecule has 0 bridgehead atoms. The van der Waals surface area contributed by atoms with Crippen LogP contribution in [0.1, 0.15) is 40.5 Å². The lowest BCUT2D eigenvalue weighted by molar-refractivity contribution is -0.161. The van der Waals surface area contributed by atoms with Gasteiger partial charge in [0, 0.05) is 13.2 Å². The summed E-state index contributed by atoms with van der Waals surface area (Å²) in [4.78, 5) is 26.9. The standard InChI is InChI=1S/C15H26N2O3/c1-8(2)12-15(19)17(10-6-11(7-10)20-5)13(9(3)4)14(18)16-12/h8-13H,6-7H2,1-5H3,(H,16,18). The van der Waals surface area contributed by atoms with Crippen molar-refractivity contribution in [2.45, 2.75) is 64.8 Å². The molecule has 1 N–H and O–H groups in total. The number of hydrogen-bond acceptors (Lipinski definition) is 3. The maximum atomic E-state index is 12.7. The summed E-state index contributed by atoms with van der Waals surface area (Å²) in [5.41, 5.74) is 0. The molecule has 20 heavy (non-hydrogen) atoms. The van der Waals surface area contributed by atoms with Gasteiger partial charge in [0.1, 0.15) is 12.1 Å². The molecule has 5 heteroatoms. The molecule has 0 radical (unpaired) electrons. The van der Waals surface area contributed by atoms with E-state index in [1.807, 2.05) is 32.6 Å². The van der Waals surface area contributed by atoms with E-state index in [4.69, 9.17) is 4.74 Å². The normalized spacial score (nSPS) is 34.5. The molecule has 1 saturated carbocycles. The van der Waals surface area contributed by atoms with Crippen molar-refractivity contribution in [1.82, 2.24) is 10.2 Å². The summed E-state index contributed by atoms with van der Waals surface area (Å²) in [5, 5.41) is 2.89. The maximum absolute atomic E-state index is 12.7. The lowest BCUT2D eigenvalue weighted by Gasteiger charge is -2.50. The van der Waals surface area contributed by atoms with E-state index in [2.05, 4.69) is 5.32 Å². The molecule has 1 aliphatic carbocycles. The third-order valence-electron chi connectivity index (χ3n) is 4.48. The Morgan fingerprint density at radius 2 is 1.75 bits per heavy atom. The Bertz CT molecular complexity index is 389. The molecule has 2 atom stereocenters. The molecule has 0 aromatic rings. The Labute approximate surface area is 121 Å². The monoisotopic (exact) mass is 282 g/mol. The highest BCUT2D eigenvalue weighted by atomic mass is 16.5. The van der Waals surface area contributed by atoms with Gasteiger partial charge >= 0.3 is 0 Å². The van der Waals surface area contributed by atoms with Crippen molar-refractivity contribution < 1.29 is 14.3 Å². The summed E-state index contributed by atoms with van der Waals surface area (Å²) in [7, 11) is 1.70. The average Bonchev–Trinajstić information content (AvgIpc) is 2.30. The zero-order valence-electron chi connectivity index (χ0n) is 13.1. The van der Waals surface area contributed by atoms with Crippen LogP contribution in [-0.2, 0) is 14.3 Å². The first-order valence-electron chi connectivity index (χ1n) is 7.52. The summed E-state index contributed by atoms with van der Waals surface area (Å²) < 4.78 is 5.30. The highest BCUT2D eigenvalue weighted by Crippen LogP contribution is 2.33. The van der Waals surface area contributed by atoms with Crippen LogP contribution in [0.2, 0.25) is 0 Å². The minimum atomic E-state index is -0.390. The van der Waals surface area contributed by atoms with Gasteiger partial charge < -0.3 is 15.0 Å². The summed E-state index contributed by atoms with van der Waals surface area (Å²) in [6.45, 7) is 7.92. The van der Waals surface area contributed by atoms with Gasteiger partial charge in [-0.1, -0.05) is 27.7 Å². The van der Waals surface area contributed by atoms with E-state index in [-0.39, 0.29) is 47.9 Å². The van der Waals surface area contributed by atoms with Gasteiger partial charge in [0.2, 0.25) is 11.8 Å². The number of rotatable bonds is 4. The first-order valence-corrected chi connectivity index (χ1v) is 7.52. The van der Waals surface area contributed by atoms with Crippen LogP contribution in [0, 0.1) is 11.8 Å². The van der Waals surface area contributed by atoms with Gasteiger partial charge in [0.05, 0.1) is 6.10 Å². The van der Waals surface area contributed by atoms with Crippen LogP contribution in [0.15, 0.2) is 0 Å². The largest absolute Gasteiger partial charge is 0.381 e. The molecular formula is C15H26N2O3. The van der Waals surface area contributed by atoms with Gasteiger partial charge in [-0.15, -0.1) is 0 Å². The van der Waals surface area contributed by atoms with Gasteiger partial charge in [0.15, 0.2) is 0 Å². The molecule has 2 amide bonds. The summed E-state index contributed by atoms with van der Waals surface area (Å²) in [5.74, 6) is 0.283. The average molecular weight is 282 g/mol. The maximum Gasteiger partial charge on any atom is 0.246 e. The minimum absolute atomic E-state index is 0.0147. The van der Waals surface area contributed by atoms with Crippen molar-refractivity contribution in [2.75, 3.05) is 7.11 Å². The smallest absolute Gasteiger partial charge is 0.246 e. The van der Waals surface area contributed by atoms with Crippen LogP contribution in [-0.4, -0.2) is 48.1 Å². The number of methoxy groups -OCH3 is 1. The zero-order chi connectivity index (χ0) is 15.0. The van der Waals surface area contributed by atoms with E-state index in [0.717, 1.165) is 12.8 Å². The first kappa shape index (κ1) is 15.3. The Morgan fingerprint density at radius 3 is 2.20 bits per heavy atom. The zero-order valence-corrected chi connectivity index (χ0v) is 13.1. The van der Waals surface area contributed by atoms with Crippen molar-refractivity contribution >= 4 is 11.8 Å². The Kier molecular flexibility index (Phi) is 4.37. The second kappa shape index (κ2) is 5.72. The molecular weight excluding hydrogens is 256 g/mol. The summed E-state index contributed by atoms with van der Waals surface area (Å²) in [6, 6.07) is -0.591. The molecule has 2 aliphatic rings. The number of carbonyl (C=O) groups is 2. The number of hydrogen-bond donors (Lipinski definition) is 1. The van der Waals surface area contributed by atoms with Gasteiger partial charge in [-0.2, -0.15) is 0 Å². The van der Waals surface area contributed by atoms with Crippen molar-refractivity contribution in [3.63, 3.8) is 0 Å². The number of carbonyl (C=O) groups excluding carboxylic acids is 2. The third kappa shape index (κ3) is 2.55. The van der Waals surface area contributed by atoms with Crippen LogP contribution in [0.3, 0.4) is 0 Å². The molecule has 2 rings (SSSR count). The molecule has 0 aromatic carbocycles. The number of nitrogens with zero attached hydrogens (tertiary/aromatic N) is 1. The number of ether oxygens (including phenoxy) is 1. The number of piperazine rings is 1. The van der Waals surface area contributed by atoms with E-state index in [9.17, 15) is 9.59 Å². The van der Waals surface area contributed by atoms with Gasteiger partial charge in [-0.3, -0.25) is 9.59 Å². The topological polar surface area (TPSA) is 58.6 Å². The predicted octanol–water partition coefficient (Wildman–Crippen LogP) is 1.17. The van der Waals surface area contributed by atoms with E-state index in [0.29, 0.717) is 0 Å². The van der Waals surface area contributed by atoms with E-state index >= 15 is 0 Å². The highest BCUT2D eigenvalue weighted by Gasteiger charge is 2.49. The first-order chi connectivity index (χ1) is 9.36. The lowest BCUT2D eigenvalue weighted by atomic mass is 9.82. The van der Waals surface area contributed by atoms with Crippen LogP contribution < -0.4 is 5.32 Å². The van der Waals surface area contributed by atoms with Crippen LogP contribution >= 0.6 is 0 Å². The Morgan fingerprint density at radius 1 is 1.15 bits per heavy atom. The minimum Gasteiger partial charge on any atom is -0.381 e. The third-order valence-corrected chi connectivity index (χ3v) is 4.48. The summed E-state index contributed by atoms with van der Waals surface area (Å²) >= 11 is 0. The van der Waals surface area contributed by atoms with Gasteiger partial charge in [-0.25, -0.2) is 0 Å². The van der Waals surface area contributed by atoms with Crippen LogP contribution in [0.25, 0.3) is 0 Å². The Hall–Kier alpha value is -1.10. The molecule has 5 nitrogen and oxygen atoms in total. The van der Waals surface area contributed by atoms with Crippen molar-refractivity contribution in [1.29, 1.82) is 0 Å². The van der Waals surface area contributed by atoms with Gasteiger partial charge in [0.25, 0.3) is 0 Å². The van der Waals surface area contributed by atoms with Crippen molar-refractivity contribution in [3.8, 4) is 0 Å². The molecule has 2 unspecified atom stereocenters. The fourth-order valence-corrected chi connectivity index (χ4v) is 3.16. The molecule has 114 valence electrons. The predicted molar refractivity (Wildman–Crippen MR) is 76.1 cm³/mol. The molecule has 0 spiro atoms. The summed E-state index contributed by atoms with van der Waals surface area (Å²) in [6.07, 6.45) is 1.90. The highest BCUT2D eigenvalue weighted by molar-refractivity contribution is 5.97. The van der Waals surface area contributed by atoms with Crippen molar-refractivity contribution in [3.05, 3.63) is 0 Å².